The average molecular weight is 200 g/mol. The zero-order chi connectivity index (χ0) is 10.8. The lowest BCUT2D eigenvalue weighted by molar-refractivity contribution is -0.465. The zero-order valence-corrected chi connectivity index (χ0v) is 9.11. The predicted octanol–water partition coefficient (Wildman–Crippen LogP) is 1.75. The maximum Gasteiger partial charge on any atom is 0.239 e. The highest BCUT2D eigenvalue weighted by atomic mass is 16.5. The summed E-state index contributed by atoms with van der Waals surface area (Å²) < 4.78 is 1.61. The Labute approximate surface area is 85.7 Å². The van der Waals surface area contributed by atoms with Gasteiger partial charge in [0.1, 0.15) is 0 Å². The topological polar surface area (TPSA) is 52.1 Å². The highest BCUT2D eigenvalue weighted by Gasteiger charge is 1.94. The molecule has 0 unspecified atom stereocenters. The van der Waals surface area contributed by atoms with Crippen LogP contribution in [0.25, 0.3) is 0 Å². The van der Waals surface area contributed by atoms with Crippen LogP contribution in [0.2, 0.25) is 0 Å². The van der Waals surface area contributed by atoms with Crippen molar-refractivity contribution in [3.63, 3.8) is 0 Å². The summed E-state index contributed by atoms with van der Waals surface area (Å²) in [4.78, 5) is 0. The van der Waals surface area contributed by atoms with Crippen LogP contribution in [0.15, 0.2) is 0 Å². The van der Waals surface area contributed by atoms with E-state index >= 15 is 0 Å². The van der Waals surface area contributed by atoms with Gasteiger partial charge in [-0.2, -0.15) is 0 Å². The lowest BCUT2D eigenvalue weighted by Gasteiger charge is -2.02. The van der Waals surface area contributed by atoms with Crippen LogP contribution in [-0.4, -0.2) is 35.0 Å². The highest BCUT2D eigenvalue weighted by Crippen LogP contribution is 1.86. The first kappa shape index (κ1) is 12.9. The van der Waals surface area contributed by atoms with Crippen molar-refractivity contribution in [3.05, 3.63) is 10.4 Å². The summed E-state index contributed by atoms with van der Waals surface area (Å²) >= 11 is 0. The van der Waals surface area contributed by atoms with Crippen molar-refractivity contribution in [2.45, 2.75) is 39.5 Å². The molecule has 0 spiro atoms. The van der Waals surface area contributed by atoms with E-state index in [1.165, 1.54) is 12.4 Å². The second-order valence-electron chi connectivity index (χ2n) is 3.29. The molecule has 0 N–H and O–H groups in total. The molecule has 0 atom stereocenters. The molecule has 0 saturated heterocycles. The van der Waals surface area contributed by atoms with Gasteiger partial charge >= 0.3 is 0 Å². The average Bonchev–Trinajstić information content (AvgIpc) is 2.20. The van der Waals surface area contributed by atoms with Gasteiger partial charge in [0.05, 0.1) is 0 Å². The van der Waals surface area contributed by atoms with Crippen molar-refractivity contribution in [2.75, 3.05) is 13.1 Å². The molecule has 0 aromatic rings. The van der Waals surface area contributed by atoms with Gasteiger partial charge < -0.3 is 10.4 Å². The quantitative estimate of drug-likeness (QED) is 0.272. The summed E-state index contributed by atoms with van der Waals surface area (Å²) in [5.41, 5.74) is 0. The number of nitrogens with zero attached hydrogens (tertiary/aromatic N) is 2. The minimum atomic E-state index is 0.467. The van der Waals surface area contributed by atoms with Crippen molar-refractivity contribution in [3.8, 4) is 0 Å². The third-order valence-electron chi connectivity index (χ3n) is 1.86. The molecule has 14 heavy (non-hydrogen) atoms. The first-order chi connectivity index (χ1) is 6.70. The Hall–Kier alpha value is -1.06. The number of hydroxylamine groups is 2. The second kappa shape index (κ2) is 8.53. The Morgan fingerprint density at radius 3 is 1.50 bits per heavy atom. The fraction of sp³-hybridized carbons (Fsp3) is 0.800. The van der Waals surface area contributed by atoms with Crippen LogP contribution >= 0.6 is 0 Å². The normalized spacial score (nSPS) is 13.3. The molecule has 4 heteroatoms. The molecule has 0 aromatic heterocycles. The maximum atomic E-state index is 11.0. The largest absolute Gasteiger partial charge is 0.624 e. The van der Waals surface area contributed by atoms with Gasteiger partial charge in [0.25, 0.3) is 0 Å². The van der Waals surface area contributed by atoms with E-state index in [9.17, 15) is 10.4 Å². The van der Waals surface area contributed by atoms with E-state index in [0.29, 0.717) is 13.1 Å². The Morgan fingerprint density at radius 2 is 1.21 bits per heavy atom. The minimum absolute atomic E-state index is 0.467. The van der Waals surface area contributed by atoms with Crippen molar-refractivity contribution in [1.29, 1.82) is 0 Å². The molecule has 0 radical (unpaired) electrons. The Kier molecular flexibility index (Phi) is 7.89. The molecule has 0 aliphatic rings. The second-order valence-corrected chi connectivity index (χ2v) is 3.29. The summed E-state index contributed by atoms with van der Waals surface area (Å²) in [5, 5.41) is 22.1. The summed E-state index contributed by atoms with van der Waals surface area (Å²) in [5.74, 6) is 0. The molecule has 4 nitrogen and oxygen atoms in total. The van der Waals surface area contributed by atoms with Crippen LogP contribution in [0, 0.1) is 10.4 Å². The number of hydrogen-bond acceptors (Lipinski definition) is 2. The molecular weight excluding hydrogens is 180 g/mol. The minimum Gasteiger partial charge on any atom is -0.624 e. The van der Waals surface area contributed by atoms with Crippen molar-refractivity contribution < 1.29 is 9.48 Å². The van der Waals surface area contributed by atoms with E-state index < -0.39 is 0 Å². The van der Waals surface area contributed by atoms with Crippen LogP contribution in [0.1, 0.15) is 39.5 Å². The van der Waals surface area contributed by atoms with Crippen molar-refractivity contribution >= 4 is 12.4 Å². The number of unbranched alkanes of at least 4 members (excludes halogenated alkanes) is 2. The van der Waals surface area contributed by atoms with Crippen LogP contribution in [-0.2, 0) is 0 Å². The van der Waals surface area contributed by atoms with E-state index in [1.54, 1.807) is 0 Å². The molecule has 0 aliphatic heterocycles. The lowest BCUT2D eigenvalue weighted by Crippen LogP contribution is -2.13. The van der Waals surface area contributed by atoms with Gasteiger partial charge in [-0.3, -0.25) is 0 Å². The number of rotatable bonds is 7. The summed E-state index contributed by atoms with van der Waals surface area (Å²) in [6.07, 6.45) is 6.31. The van der Waals surface area contributed by atoms with Gasteiger partial charge in [0.2, 0.25) is 12.4 Å². The molecule has 0 aromatic carbocycles. The molecule has 0 amide bonds. The fourth-order valence-corrected chi connectivity index (χ4v) is 0.926. The maximum absolute atomic E-state index is 11.0. The SMILES string of the molecule is CCCC/[N+]([O-])=C/C=[N+](\[O-])CCCC. The third-order valence-corrected chi connectivity index (χ3v) is 1.86. The molecule has 0 aliphatic carbocycles. The highest BCUT2D eigenvalue weighted by molar-refractivity contribution is 6.10. The summed E-state index contributed by atoms with van der Waals surface area (Å²) in [6.45, 7) is 4.99. The first-order valence-electron chi connectivity index (χ1n) is 5.26. The van der Waals surface area contributed by atoms with E-state index in [4.69, 9.17) is 0 Å². The predicted molar refractivity (Wildman–Crippen MR) is 58.9 cm³/mol. The van der Waals surface area contributed by atoms with Crippen molar-refractivity contribution in [1.82, 2.24) is 0 Å². The zero-order valence-electron chi connectivity index (χ0n) is 9.11. The third kappa shape index (κ3) is 7.58. The summed E-state index contributed by atoms with van der Waals surface area (Å²) in [6, 6.07) is 0. The van der Waals surface area contributed by atoms with Gasteiger partial charge in [0, 0.05) is 12.8 Å². The lowest BCUT2D eigenvalue weighted by atomic mass is 10.3. The van der Waals surface area contributed by atoms with E-state index in [-0.39, 0.29) is 0 Å². The van der Waals surface area contributed by atoms with Crippen molar-refractivity contribution in [2.24, 2.45) is 0 Å². The smallest absolute Gasteiger partial charge is 0.239 e. The van der Waals surface area contributed by atoms with Crippen LogP contribution in [0.4, 0.5) is 0 Å². The van der Waals surface area contributed by atoms with Gasteiger partial charge in [0.15, 0.2) is 13.1 Å². The van der Waals surface area contributed by atoms with Gasteiger partial charge in [-0.1, -0.05) is 26.7 Å². The van der Waals surface area contributed by atoms with Gasteiger partial charge in [-0.05, 0) is 0 Å². The molecule has 0 saturated carbocycles. The Morgan fingerprint density at radius 1 is 0.857 bits per heavy atom. The summed E-state index contributed by atoms with van der Waals surface area (Å²) in [7, 11) is 0. The monoisotopic (exact) mass is 200 g/mol. The molecule has 82 valence electrons. The molecular formula is C10H20N2O2. The standard InChI is InChI=1S/C10H20N2O2/c1-3-5-7-11(13)9-10-12(14)8-6-4-2/h9-10H,3-8H2,1-2H3/b11-9-,12-10-. The van der Waals surface area contributed by atoms with Gasteiger partial charge in [-0.25, -0.2) is 9.48 Å². The molecule has 0 rings (SSSR count). The van der Waals surface area contributed by atoms with Crippen LogP contribution in [0.3, 0.4) is 0 Å². The van der Waals surface area contributed by atoms with E-state index in [0.717, 1.165) is 35.2 Å². The van der Waals surface area contributed by atoms with E-state index in [1.807, 2.05) is 13.8 Å². The first-order valence-corrected chi connectivity index (χ1v) is 5.26. The number of hydrogen-bond donors (Lipinski definition) is 0. The molecule has 0 bridgehead atoms. The Bertz CT molecular complexity index is 178. The van der Waals surface area contributed by atoms with Crippen LogP contribution < -0.4 is 0 Å². The van der Waals surface area contributed by atoms with E-state index in [2.05, 4.69) is 0 Å². The fourth-order valence-electron chi connectivity index (χ4n) is 0.926. The van der Waals surface area contributed by atoms with Gasteiger partial charge in [-0.15, -0.1) is 0 Å². The molecule has 0 fully saturated rings. The van der Waals surface area contributed by atoms with Crippen LogP contribution in [0.5, 0.6) is 0 Å². The molecule has 0 heterocycles. The Balaban J connectivity index is 3.84.